The Bertz CT molecular complexity index is 833. The Morgan fingerprint density at radius 2 is 2.00 bits per heavy atom. The lowest BCUT2D eigenvalue weighted by Crippen LogP contribution is -2.45. The second kappa shape index (κ2) is 8.51. The first-order valence-electron chi connectivity index (χ1n) is 9.32. The van der Waals surface area contributed by atoms with E-state index in [9.17, 15) is 18.3 Å². The standard InChI is InChI=1S/C19H30N2O5S2/c1-7-8-9-13-12-21(18(23)26-19(2,3)4)14-10-16(27-6)15(22)11-17(14)28(24,25)20(13)5/h10-11,13,22H,7-9,12H2,1-6H3. The molecule has 1 atom stereocenters. The molecule has 2 rings (SSSR count). The lowest BCUT2D eigenvalue weighted by atomic mass is 10.1. The Labute approximate surface area is 172 Å². The maximum Gasteiger partial charge on any atom is 0.414 e. The molecule has 0 bridgehead atoms. The summed E-state index contributed by atoms with van der Waals surface area (Å²) in [4.78, 5) is 14.8. The van der Waals surface area contributed by atoms with Crippen LogP contribution in [-0.4, -0.2) is 55.4 Å². The largest absolute Gasteiger partial charge is 0.507 e. The molecule has 0 saturated heterocycles. The van der Waals surface area contributed by atoms with Crippen molar-refractivity contribution in [2.24, 2.45) is 0 Å². The number of hydrogen-bond donors (Lipinski definition) is 1. The van der Waals surface area contributed by atoms with E-state index in [-0.39, 0.29) is 28.9 Å². The van der Waals surface area contributed by atoms with Gasteiger partial charge < -0.3 is 9.84 Å². The summed E-state index contributed by atoms with van der Waals surface area (Å²) >= 11 is 1.28. The molecule has 0 aliphatic carbocycles. The maximum absolute atomic E-state index is 13.2. The minimum Gasteiger partial charge on any atom is -0.507 e. The van der Waals surface area contributed by atoms with Gasteiger partial charge in [-0.25, -0.2) is 13.2 Å². The summed E-state index contributed by atoms with van der Waals surface area (Å²) in [6.45, 7) is 7.53. The summed E-state index contributed by atoms with van der Waals surface area (Å²) < 4.78 is 33.3. The smallest absolute Gasteiger partial charge is 0.414 e. The Morgan fingerprint density at radius 1 is 1.36 bits per heavy atom. The number of phenolic OH excluding ortho intramolecular Hbond substituents is 1. The molecular weight excluding hydrogens is 400 g/mol. The number of sulfonamides is 1. The van der Waals surface area contributed by atoms with E-state index >= 15 is 0 Å². The van der Waals surface area contributed by atoms with E-state index in [1.54, 1.807) is 33.1 Å². The first kappa shape index (κ1) is 22.8. The van der Waals surface area contributed by atoms with Gasteiger partial charge in [0.1, 0.15) is 16.2 Å². The quantitative estimate of drug-likeness (QED) is 0.725. The van der Waals surface area contributed by atoms with Gasteiger partial charge in [-0.2, -0.15) is 4.31 Å². The summed E-state index contributed by atoms with van der Waals surface area (Å²) in [5.41, 5.74) is -0.478. The number of carbonyl (C=O) groups excluding carboxylic acids is 1. The Kier molecular flexibility index (Phi) is 6.94. The zero-order valence-corrected chi connectivity index (χ0v) is 19.0. The van der Waals surface area contributed by atoms with Crippen LogP contribution >= 0.6 is 11.8 Å². The third-order valence-electron chi connectivity index (χ3n) is 4.62. The highest BCUT2D eigenvalue weighted by Crippen LogP contribution is 2.40. The Morgan fingerprint density at radius 3 is 2.54 bits per heavy atom. The zero-order valence-electron chi connectivity index (χ0n) is 17.4. The fraction of sp³-hybridized carbons (Fsp3) is 0.632. The third-order valence-corrected chi connectivity index (χ3v) is 7.33. The monoisotopic (exact) mass is 430 g/mol. The van der Waals surface area contributed by atoms with Gasteiger partial charge in [0.25, 0.3) is 0 Å². The number of thioether (sulfide) groups is 1. The molecule has 0 aromatic heterocycles. The first-order chi connectivity index (χ1) is 12.9. The van der Waals surface area contributed by atoms with E-state index in [0.29, 0.717) is 11.3 Å². The van der Waals surface area contributed by atoms with E-state index in [2.05, 4.69) is 0 Å². The molecule has 0 spiro atoms. The molecule has 9 heteroatoms. The summed E-state index contributed by atoms with van der Waals surface area (Å²) in [6.07, 6.45) is 3.56. The van der Waals surface area contributed by atoms with Crippen molar-refractivity contribution in [3.8, 4) is 5.75 Å². The highest BCUT2D eigenvalue weighted by Gasteiger charge is 2.40. The van der Waals surface area contributed by atoms with Crippen molar-refractivity contribution in [2.45, 2.75) is 68.4 Å². The summed E-state index contributed by atoms with van der Waals surface area (Å²) in [5, 5.41) is 10.3. The van der Waals surface area contributed by atoms with Crippen molar-refractivity contribution in [3.05, 3.63) is 12.1 Å². The number of fused-ring (bicyclic) bond motifs is 1. The molecule has 0 saturated carbocycles. The number of unbranched alkanes of at least 4 members (excludes halogenated alkanes) is 1. The molecule has 1 unspecified atom stereocenters. The van der Waals surface area contributed by atoms with Crippen LogP contribution in [0.25, 0.3) is 0 Å². The highest BCUT2D eigenvalue weighted by molar-refractivity contribution is 7.98. The number of phenols is 1. The molecule has 28 heavy (non-hydrogen) atoms. The van der Waals surface area contributed by atoms with E-state index < -0.39 is 21.7 Å². The van der Waals surface area contributed by atoms with Crippen LogP contribution in [0.3, 0.4) is 0 Å². The van der Waals surface area contributed by atoms with Crippen molar-refractivity contribution in [1.29, 1.82) is 0 Å². The molecule has 158 valence electrons. The number of hydrogen-bond acceptors (Lipinski definition) is 6. The second-order valence-electron chi connectivity index (χ2n) is 7.90. The average molecular weight is 431 g/mol. The van der Waals surface area contributed by atoms with Crippen LogP contribution in [0.2, 0.25) is 0 Å². The average Bonchev–Trinajstić information content (AvgIpc) is 2.66. The molecule has 1 amide bonds. The van der Waals surface area contributed by atoms with Crippen molar-refractivity contribution in [1.82, 2.24) is 4.31 Å². The first-order valence-corrected chi connectivity index (χ1v) is 12.0. The summed E-state index contributed by atoms with van der Waals surface area (Å²) in [7, 11) is -2.35. The summed E-state index contributed by atoms with van der Waals surface area (Å²) in [5.74, 6) is -0.126. The van der Waals surface area contributed by atoms with Gasteiger partial charge in [0, 0.05) is 25.7 Å². The fourth-order valence-electron chi connectivity index (χ4n) is 3.10. The van der Waals surface area contributed by atoms with Gasteiger partial charge in [0.2, 0.25) is 10.0 Å². The topological polar surface area (TPSA) is 87.1 Å². The molecule has 1 aromatic carbocycles. The van der Waals surface area contributed by atoms with Gasteiger partial charge in [-0.3, -0.25) is 4.90 Å². The number of anilines is 1. The number of likely N-dealkylation sites (N-methyl/N-ethyl adjacent to an activating group) is 1. The third kappa shape index (κ3) is 4.75. The van der Waals surface area contributed by atoms with Crippen LogP contribution in [0.15, 0.2) is 21.9 Å². The SMILES string of the molecule is CCCCC1CN(C(=O)OC(C)(C)C)c2cc(SC)c(O)cc2S(=O)(=O)N1C. The highest BCUT2D eigenvalue weighted by atomic mass is 32.2. The molecular formula is C19H30N2O5S2. The van der Waals surface area contributed by atoms with E-state index in [1.807, 2.05) is 6.92 Å². The molecule has 0 radical (unpaired) electrons. The fourth-order valence-corrected chi connectivity index (χ4v) is 5.16. The second-order valence-corrected chi connectivity index (χ2v) is 10.7. The van der Waals surface area contributed by atoms with Crippen molar-refractivity contribution in [2.75, 3.05) is 24.7 Å². The van der Waals surface area contributed by atoms with Gasteiger partial charge in [-0.05, 0) is 39.5 Å². The summed E-state index contributed by atoms with van der Waals surface area (Å²) in [6, 6.07) is 2.39. The van der Waals surface area contributed by atoms with Crippen LogP contribution in [0.1, 0.15) is 47.0 Å². The number of rotatable bonds is 4. The Balaban J connectivity index is 2.66. The van der Waals surface area contributed by atoms with Gasteiger partial charge in [0.15, 0.2) is 0 Å². The van der Waals surface area contributed by atoms with Crippen LogP contribution < -0.4 is 4.90 Å². The number of nitrogens with zero attached hydrogens (tertiary/aromatic N) is 2. The predicted molar refractivity (Wildman–Crippen MR) is 112 cm³/mol. The normalized spacial score (nSPS) is 19.8. The van der Waals surface area contributed by atoms with Gasteiger partial charge >= 0.3 is 6.09 Å². The number of amides is 1. The van der Waals surface area contributed by atoms with E-state index in [4.69, 9.17) is 4.74 Å². The Hall–Kier alpha value is -1.45. The minimum absolute atomic E-state index is 0.0878. The van der Waals surface area contributed by atoms with E-state index in [0.717, 1.165) is 12.8 Å². The van der Waals surface area contributed by atoms with Crippen LogP contribution in [0, 0.1) is 0 Å². The van der Waals surface area contributed by atoms with Crippen molar-refractivity contribution < 1.29 is 23.1 Å². The maximum atomic E-state index is 13.2. The molecule has 1 N–H and O–H groups in total. The molecule has 1 heterocycles. The molecule has 1 aromatic rings. The molecule has 1 aliphatic rings. The number of aromatic hydroxyl groups is 1. The zero-order chi connectivity index (χ0) is 21.3. The lowest BCUT2D eigenvalue weighted by Gasteiger charge is -2.30. The van der Waals surface area contributed by atoms with E-state index in [1.165, 1.54) is 34.1 Å². The van der Waals surface area contributed by atoms with Crippen LogP contribution in [-0.2, 0) is 14.8 Å². The number of carbonyl (C=O) groups is 1. The minimum atomic E-state index is -3.88. The van der Waals surface area contributed by atoms with Gasteiger partial charge in [0.05, 0.1) is 10.6 Å². The van der Waals surface area contributed by atoms with Crippen molar-refractivity contribution in [3.63, 3.8) is 0 Å². The molecule has 1 aliphatic heterocycles. The predicted octanol–water partition coefficient (Wildman–Crippen LogP) is 4.05. The molecule has 7 nitrogen and oxygen atoms in total. The van der Waals surface area contributed by atoms with Crippen LogP contribution in [0.5, 0.6) is 5.75 Å². The lowest BCUT2D eigenvalue weighted by molar-refractivity contribution is 0.0573. The van der Waals surface area contributed by atoms with Gasteiger partial charge in [-0.15, -0.1) is 11.8 Å². The molecule has 0 fully saturated rings. The number of benzene rings is 1. The van der Waals surface area contributed by atoms with Crippen LogP contribution in [0.4, 0.5) is 10.5 Å². The number of ether oxygens (including phenoxy) is 1. The van der Waals surface area contributed by atoms with Crippen molar-refractivity contribution >= 4 is 33.6 Å². The van der Waals surface area contributed by atoms with Gasteiger partial charge in [-0.1, -0.05) is 19.8 Å².